The van der Waals surface area contributed by atoms with Gasteiger partial charge in [0, 0.05) is 5.69 Å². The molecule has 1 N–H and O–H groups in total. The summed E-state index contributed by atoms with van der Waals surface area (Å²) >= 11 is 0. The van der Waals surface area contributed by atoms with Crippen molar-refractivity contribution in [2.45, 2.75) is 19.9 Å². The maximum Gasteiger partial charge on any atom is 0.332 e. The Hall–Kier alpha value is -3.55. The second kappa shape index (κ2) is 9.78. The standard InChI is InChI=1S/C22H25N3O5/c1-3-29-18-9-11-19(12-10-18)30-14-13-23-20(26)15-24-21(27)16(2)25(22(24)28)17-7-5-4-6-8-17/h4-12,16H,3,13-15H2,1-2H3,(H,23,26). The summed E-state index contributed by atoms with van der Waals surface area (Å²) in [5, 5.41) is 2.67. The van der Waals surface area contributed by atoms with Crippen LogP contribution in [0.5, 0.6) is 11.5 Å². The van der Waals surface area contributed by atoms with Gasteiger partial charge in [0.05, 0.1) is 13.2 Å². The first kappa shape index (κ1) is 21.2. The first-order chi connectivity index (χ1) is 14.5. The van der Waals surface area contributed by atoms with E-state index in [1.54, 1.807) is 43.3 Å². The molecule has 30 heavy (non-hydrogen) atoms. The number of nitrogens with one attached hydrogen (secondary N) is 1. The Morgan fingerprint density at radius 1 is 1.00 bits per heavy atom. The number of amides is 4. The maximum absolute atomic E-state index is 12.7. The number of imide groups is 1. The third-order valence-corrected chi connectivity index (χ3v) is 4.61. The number of hydrogen-bond acceptors (Lipinski definition) is 5. The van der Waals surface area contributed by atoms with Gasteiger partial charge in [-0.05, 0) is 50.2 Å². The molecule has 8 nitrogen and oxygen atoms in total. The van der Waals surface area contributed by atoms with Gasteiger partial charge in [-0.3, -0.25) is 19.4 Å². The third-order valence-electron chi connectivity index (χ3n) is 4.61. The summed E-state index contributed by atoms with van der Waals surface area (Å²) in [5.74, 6) is 0.598. The first-order valence-corrected chi connectivity index (χ1v) is 9.83. The molecular formula is C22H25N3O5. The van der Waals surface area contributed by atoms with Crippen LogP contribution in [0.4, 0.5) is 10.5 Å². The molecule has 0 bridgehead atoms. The fourth-order valence-electron chi connectivity index (χ4n) is 3.15. The number of anilines is 1. The number of rotatable bonds is 9. The lowest BCUT2D eigenvalue weighted by atomic mass is 10.2. The van der Waals surface area contributed by atoms with Crippen LogP contribution in [-0.4, -0.2) is 55.1 Å². The predicted molar refractivity (Wildman–Crippen MR) is 112 cm³/mol. The van der Waals surface area contributed by atoms with Gasteiger partial charge in [-0.15, -0.1) is 0 Å². The molecule has 8 heteroatoms. The van der Waals surface area contributed by atoms with Gasteiger partial charge in [-0.2, -0.15) is 0 Å². The molecule has 0 aliphatic carbocycles. The minimum absolute atomic E-state index is 0.250. The lowest BCUT2D eigenvalue weighted by Gasteiger charge is -2.19. The predicted octanol–water partition coefficient (Wildman–Crippen LogP) is 2.44. The zero-order valence-corrected chi connectivity index (χ0v) is 17.0. The molecule has 0 aromatic heterocycles. The van der Waals surface area contributed by atoms with E-state index in [9.17, 15) is 14.4 Å². The van der Waals surface area contributed by atoms with Gasteiger partial charge in [-0.25, -0.2) is 4.79 Å². The number of carbonyl (C=O) groups is 3. The van der Waals surface area contributed by atoms with Crippen molar-refractivity contribution >= 4 is 23.5 Å². The van der Waals surface area contributed by atoms with Crippen LogP contribution in [-0.2, 0) is 9.59 Å². The molecule has 2 aromatic rings. The number of ether oxygens (including phenoxy) is 2. The monoisotopic (exact) mass is 411 g/mol. The van der Waals surface area contributed by atoms with Gasteiger partial charge in [-0.1, -0.05) is 18.2 Å². The van der Waals surface area contributed by atoms with E-state index in [0.717, 1.165) is 10.6 Å². The number of para-hydroxylation sites is 1. The Morgan fingerprint density at radius 2 is 1.63 bits per heavy atom. The molecule has 1 heterocycles. The summed E-state index contributed by atoms with van der Waals surface area (Å²) in [7, 11) is 0. The minimum Gasteiger partial charge on any atom is -0.494 e. The lowest BCUT2D eigenvalue weighted by Crippen LogP contribution is -2.42. The van der Waals surface area contributed by atoms with E-state index in [-0.39, 0.29) is 19.7 Å². The van der Waals surface area contributed by atoms with Crippen molar-refractivity contribution in [1.82, 2.24) is 10.2 Å². The van der Waals surface area contributed by atoms with E-state index in [1.807, 2.05) is 25.1 Å². The van der Waals surface area contributed by atoms with Crippen molar-refractivity contribution in [3.05, 3.63) is 54.6 Å². The summed E-state index contributed by atoms with van der Waals surface area (Å²) in [5.41, 5.74) is 0.620. The zero-order valence-electron chi connectivity index (χ0n) is 17.0. The van der Waals surface area contributed by atoms with Crippen molar-refractivity contribution < 1.29 is 23.9 Å². The summed E-state index contributed by atoms with van der Waals surface area (Å²) < 4.78 is 10.9. The molecule has 0 spiro atoms. The van der Waals surface area contributed by atoms with E-state index in [2.05, 4.69) is 5.32 Å². The number of carbonyl (C=O) groups excluding carboxylic acids is 3. The highest BCUT2D eigenvalue weighted by Crippen LogP contribution is 2.25. The highest BCUT2D eigenvalue weighted by Gasteiger charge is 2.43. The maximum atomic E-state index is 12.7. The molecule has 1 aliphatic rings. The second-order valence-electron chi connectivity index (χ2n) is 6.69. The largest absolute Gasteiger partial charge is 0.494 e. The Morgan fingerprint density at radius 3 is 2.27 bits per heavy atom. The van der Waals surface area contributed by atoms with Crippen molar-refractivity contribution in [1.29, 1.82) is 0 Å². The normalized spacial score (nSPS) is 16.0. The van der Waals surface area contributed by atoms with Gasteiger partial charge in [0.25, 0.3) is 5.91 Å². The third kappa shape index (κ3) is 4.89. The number of benzene rings is 2. The molecular weight excluding hydrogens is 386 g/mol. The highest BCUT2D eigenvalue weighted by molar-refractivity contribution is 6.15. The summed E-state index contributed by atoms with van der Waals surface area (Å²) in [4.78, 5) is 39.7. The van der Waals surface area contributed by atoms with Gasteiger partial charge >= 0.3 is 6.03 Å². The molecule has 0 radical (unpaired) electrons. The number of nitrogens with zero attached hydrogens (tertiary/aromatic N) is 2. The summed E-state index contributed by atoms with van der Waals surface area (Å²) in [6.07, 6.45) is 0. The Kier molecular flexibility index (Phi) is 6.90. The van der Waals surface area contributed by atoms with Crippen LogP contribution in [0.25, 0.3) is 0 Å². The summed E-state index contributed by atoms with van der Waals surface area (Å²) in [6.45, 7) is 4.34. The molecule has 158 valence electrons. The van der Waals surface area contributed by atoms with E-state index >= 15 is 0 Å². The Bertz CT molecular complexity index is 885. The van der Waals surface area contributed by atoms with Crippen LogP contribution < -0.4 is 19.7 Å². The molecule has 1 fully saturated rings. The van der Waals surface area contributed by atoms with Gasteiger partial charge in [0.2, 0.25) is 5.91 Å². The molecule has 0 saturated carbocycles. The molecule has 1 atom stereocenters. The van der Waals surface area contributed by atoms with Gasteiger partial charge in [0.1, 0.15) is 30.7 Å². The SMILES string of the molecule is CCOc1ccc(OCCNC(=O)CN2C(=O)C(C)N(c3ccccc3)C2=O)cc1. The van der Waals surface area contributed by atoms with Crippen LogP contribution >= 0.6 is 0 Å². The van der Waals surface area contributed by atoms with E-state index in [0.29, 0.717) is 18.0 Å². The first-order valence-electron chi connectivity index (χ1n) is 9.83. The van der Waals surface area contributed by atoms with E-state index < -0.39 is 23.9 Å². The molecule has 2 aromatic carbocycles. The van der Waals surface area contributed by atoms with Crippen molar-refractivity contribution in [3.8, 4) is 11.5 Å². The molecule has 1 unspecified atom stereocenters. The Balaban J connectivity index is 1.46. The highest BCUT2D eigenvalue weighted by atomic mass is 16.5. The van der Waals surface area contributed by atoms with Gasteiger partial charge in [0.15, 0.2) is 0 Å². The molecule has 3 rings (SSSR count). The molecule has 1 aliphatic heterocycles. The fraction of sp³-hybridized carbons (Fsp3) is 0.318. The minimum atomic E-state index is -0.657. The van der Waals surface area contributed by atoms with Crippen LogP contribution in [0.15, 0.2) is 54.6 Å². The number of urea groups is 1. The average molecular weight is 411 g/mol. The van der Waals surface area contributed by atoms with Crippen LogP contribution in [0.3, 0.4) is 0 Å². The topological polar surface area (TPSA) is 88.2 Å². The molecule has 4 amide bonds. The van der Waals surface area contributed by atoms with Crippen molar-refractivity contribution in [3.63, 3.8) is 0 Å². The summed E-state index contributed by atoms with van der Waals surface area (Å²) in [6, 6.07) is 14.9. The second-order valence-corrected chi connectivity index (χ2v) is 6.69. The van der Waals surface area contributed by atoms with Crippen LogP contribution in [0.2, 0.25) is 0 Å². The quantitative estimate of drug-likeness (QED) is 0.506. The van der Waals surface area contributed by atoms with Gasteiger partial charge < -0.3 is 14.8 Å². The van der Waals surface area contributed by atoms with E-state index in [4.69, 9.17) is 9.47 Å². The molecule has 1 saturated heterocycles. The van der Waals surface area contributed by atoms with Crippen molar-refractivity contribution in [2.24, 2.45) is 0 Å². The Labute approximate surface area is 175 Å². The average Bonchev–Trinajstić information content (AvgIpc) is 2.96. The zero-order chi connectivity index (χ0) is 21.5. The van der Waals surface area contributed by atoms with Crippen LogP contribution in [0.1, 0.15) is 13.8 Å². The van der Waals surface area contributed by atoms with E-state index in [1.165, 1.54) is 4.90 Å². The number of hydrogen-bond donors (Lipinski definition) is 1. The smallest absolute Gasteiger partial charge is 0.332 e. The van der Waals surface area contributed by atoms with Crippen molar-refractivity contribution in [2.75, 3.05) is 31.2 Å². The lowest BCUT2D eigenvalue weighted by molar-refractivity contribution is -0.131. The fourth-order valence-corrected chi connectivity index (χ4v) is 3.15. The van der Waals surface area contributed by atoms with Crippen LogP contribution in [0, 0.1) is 0 Å².